The van der Waals surface area contributed by atoms with Gasteiger partial charge in [0, 0.05) is 12.2 Å². The van der Waals surface area contributed by atoms with Crippen LogP contribution in [-0.2, 0) is 0 Å². The van der Waals surface area contributed by atoms with Crippen LogP contribution in [-0.4, -0.2) is 9.85 Å². The number of rotatable bonds is 4. The summed E-state index contributed by atoms with van der Waals surface area (Å²) in [5.74, 6) is 0. The summed E-state index contributed by atoms with van der Waals surface area (Å²) in [5, 5.41) is 19.8. The Kier molecular flexibility index (Phi) is 7.32. The summed E-state index contributed by atoms with van der Waals surface area (Å²) < 4.78 is 0. The average Bonchev–Trinajstić information content (AvgIpc) is 2.53. The van der Waals surface area contributed by atoms with Crippen LogP contribution in [0.5, 0.6) is 0 Å². The van der Waals surface area contributed by atoms with Crippen molar-refractivity contribution in [2.75, 3.05) is 0 Å². The molecular formula is C16H14N2O4. The molecule has 0 amide bonds. The van der Waals surface area contributed by atoms with Crippen LogP contribution in [0.1, 0.15) is 11.1 Å². The van der Waals surface area contributed by atoms with Crippen molar-refractivity contribution >= 4 is 12.2 Å². The van der Waals surface area contributed by atoms with Crippen molar-refractivity contribution in [1.29, 1.82) is 0 Å². The maximum atomic E-state index is 9.89. The molecule has 0 atom stereocenters. The highest BCUT2D eigenvalue weighted by Gasteiger charge is 1.87. The molecular weight excluding hydrogens is 284 g/mol. The van der Waals surface area contributed by atoms with Crippen molar-refractivity contribution in [2.45, 2.75) is 0 Å². The lowest BCUT2D eigenvalue weighted by Crippen LogP contribution is -1.81. The minimum atomic E-state index is -0.479. The summed E-state index contributed by atoms with van der Waals surface area (Å²) >= 11 is 0. The van der Waals surface area contributed by atoms with Gasteiger partial charge >= 0.3 is 0 Å². The molecule has 0 aromatic heterocycles. The lowest BCUT2D eigenvalue weighted by molar-refractivity contribution is -0.401. The Hall–Kier alpha value is -3.28. The number of nitrogens with zero attached hydrogens (tertiary/aromatic N) is 2. The molecule has 0 fully saturated rings. The van der Waals surface area contributed by atoms with Gasteiger partial charge in [-0.3, -0.25) is 20.2 Å². The second-order valence-corrected chi connectivity index (χ2v) is 4.02. The van der Waals surface area contributed by atoms with Crippen molar-refractivity contribution in [2.24, 2.45) is 0 Å². The quantitative estimate of drug-likeness (QED) is 0.633. The Bertz CT molecular complexity index is 593. The summed E-state index contributed by atoms with van der Waals surface area (Å²) in [6.45, 7) is 0. The number of hydrogen-bond donors (Lipinski definition) is 0. The van der Waals surface area contributed by atoms with E-state index in [0.29, 0.717) is 0 Å². The second-order valence-electron chi connectivity index (χ2n) is 4.02. The highest BCUT2D eigenvalue weighted by Crippen LogP contribution is 2.00. The molecule has 0 aliphatic heterocycles. The van der Waals surface area contributed by atoms with Crippen LogP contribution in [0.2, 0.25) is 0 Å². The van der Waals surface area contributed by atoms with Crippen molar-refractivity contribution in [3.8, 4) is 0 Å². The van der Waals surface area contributed by atoms with E-state index in [9.17, 15) is 20.2 Å². The number of nitro groups is 2. The first-order valence-electron chi connectivity index (χ1n) is 6.31. The highest BCUT2D eigenvalue weighted by atomic mass is 16.6. The summed E-state index contributed by atoms with van der Waals surface area (Å²) in [6.07, 6.45) is 4.77. The van der Waals surface area contributed by atoms with Gasteiger partial charge in [0.15, 0.2) is 0 Å². The van der Waals surface area contributed by atoms with Gasteiger partial charge in [0.25, 0.3) is 0 Å². The van der Waals surface area contributed by atoms with Crippen LogP contribution in [0.15, 0.2) is 73.1 Å². The van der Waals surface area contributed by atoms with Gasteiger partial charge in [-0.25, -0.2) is 0 Å². The van der Waals surface area contributed by atoms with Crippen molar-refractivity contribution < 1.29 is 9.85 Å². The molecule has 0 unspecified atom stereocenters. The fraction of sp³-hybridized carbons (Fsp3) is 0. The number of benzene rings is 2. The van der Waals surface area contributed by atoms with Gasteiger partial charge in [-0.2, -0.15) is 0 Å². The van der Waals surface area contributed by atoms with E-state index in [2.05, 4.69) is 0 Å². The smallest absolute Gasteiger partial charge is 0.235 e. The van der Waals surface area contributed by atoms with E-state index in [0.717, 1.165) is 23.5 Å². The highest BCUT2D eigenvalue weighted by molar-refractivity contribution is 5.47. The molecule has 22 heavy (non-hydrogen) atoms. The topological polar surface area (TPSA) is 86.3 Å². The first-order valence-corrected chi connectivity index (χ1v) is 6.31. The molecule has 0 saturated carbocycles. The molecule has 0 radical (unpaired) electrons. The zero-order valence-electron chi connectivity index (χ0n) is 11.6. The first-order chi connectivity index (χ1) is 10.6. The summed E-state index contributed by atoms with van der Waals surface area (Å²) in [5.41, 5.74) is 1.67. The van der Waals surface area contributed by atoms with E-state index in [4.69, 9.17) is 0 Å². The Labute approximate surface area is 127 Å². The van der Waals surface area contributed by atoms with Gasteiger partial charge < -0.3 is 0 Å². The van der Waals surface area contributed by atoms with Gasteiger partial charge in [0.1, 0.15) is 0 Å². The molecule has 6 heteroatoms. The molecule has 0 heterocycles. The van der Waals surface area contributed by atoms with E-state index < -0.39 is 9.85 Å². The SMILES string of the molecule is O=[N+]([O-])C=Cc1ccccc1.O=[N+]([O-])C=Cc1ccccc1. The van der Waals surface area contributed by atoms with Crippen LogP contribution >= 0.6 is 0 Å². The molecule has 0 bridgehead atoms. The maximum absolute atomic E-state index is 9.89. The Morgan fingerprint density at radius 3 is 1.23 bits per heavy atom. The minimum absolute atomic E-state index is 0.479. The van der Waals surface area contributed by atoms with E-state index >= 15 is 0 Å². The zero-order valence-corrected chi connectivity index (χ0v) is 11.6. The van der Waals surface area contributed by atoms with Gasteiger partial charge in [-0.15, -0.1) is 0 Å². The molecule has 2 aromatic rings. The monoisotopic (exact) mass is 298 g/mol. The van der Waals surface area contributed by atoms with Gasteiger partial charge in [0.05, 0.1) is 9.85 Å². The van der Waals surface area contributed by atoms with E-state index in [1.54, 1.807) is 24.3 Å². The average molecular weight is 298 g/mol. The molecule has 0 aliphatic rings. The third kappa shape index (κ3) is 8.00. The largest absolute Gasteiger partial charge is 0.259 e. The molecule has 112 valence electrons. The third-order valence-corrected chi connectivity index (χ3v) is 2.38. The third-order valence-electron chi connectivity index (χ3n) is 2.38. The van der Waals surface area contributed by atoms with E-state index in [1.807, 2.05) is 36.4 Å². The van der Waals surface area contributed by atoms with Crippen LogP contribution in [0, 0.1) is 20.2 Å². The van der Waals surface area contributed by atoms with Crippen LogP contribution in [0.3, 0.4) is 0 Å². The molecule has 6 nitrogen and oxygen atoms in total. The Morgan fingerprint density at radius 2 is 0.955 bits per heavy atom. The predicted octanol–water partition coefficient (Wildman–Crippen LogP) is 3.87. The predicted molar refractivity (Wildman–Crippen MR) is 84.9 cm³/mol. The lowest BCUT2D eigenvalue weighted by atomic mass is 10.2. The molecule has 2 aromatic carbocycles. The van der Waals surface area contributed by atoms with Crippen LogP contribution < -0.4 is 0 Å². The fourth-order valence-electron chi connectivity index (χ4n) is 1.42. The molecule has 0 saturated heterocycles. The van der Waals surface area contributed by atoms with Gasteiger partial charge in [0.2, 0.25) is 12.4 Å². The summed E-state index contributed by atoms with van der Waals surface area (Å²) in [4.78, 5) is 18.8. The first kappa shape index (κ1) is 16.8. The molecule has 0 aliphatic carbocycles. The van der Waals surface area contributed by atoms with Gasteiger partial charge in [-0.1, -0.05) is 60.7 Å². The van der Waals surface area contributed by atoms with Crippen molar-refractivity contribution in [3.63, 3.8) is 0 Å². The van der Waals surface area contributed by atoms with Crippen molar-refractivity contribution in [3.05, 3.63) is 104 Å². The second kappa shape index (κ2) is 9.60. The van der Waals surface area contributed by atoms with Gasteiger partial charge in [-0.05, 0) is 11.1 Å². The molecule has 0 N–H and O–H groups in total. The summed E-state index contributed by atoms with van der Waals surface area (Å²) in [7, 11) is 0. The molecule has 2 rings (SSSR count). The normalized spacial score (nSPS) is 10.2. The molecule has 0 spiro atoms. The van der Waals surface area contributed by atoms with Crippen LogP contribution in [0.4, 0.5) is 0 Å². The minimum Gasteiger partial charge on any atom is -0.259 e. The Morgan fingerprint density at radius 1 is 0.636 bits per heavy atom. The van der Waals surface area contributed by atoms with Crippen LogP contribution in [0.25, 0.3) is 12.2 Å². The maximum Gasteiger partial charge on any atom is 0.235 e. The van der Waals surface area contributed by atoms with Crippen molar-refractivity contribution in [1.82, 2.24) is 0 Å². The summed E-state index contributed by atoms with van der Waals surface area (Å²) in [6, 6.07) is 18.3. The number of hydrogen-bond acceptors (Lipinski definition) is 4. The zero-order chi connectivity index (χ0) is 16.2. The standard InChI is InChI=1S/2C8H7NO2/c2*10-9(11)7-6-8-4-2-1-3-5-8/h2*1-7H. The fourth-order valence-corrected chi connectivity index (χ4v) is 1.42. The van der Waals surface area contributed by atoms with E-state index in [1.165, 1.54) is 12.2 Å². The van der Waals surface area contributed by atoms with E-state index in [-0.39, 0.29) is 0 Å². The lowest BCUT2D eigenvalue weighted by Gasteiger charge is -1.86. The Balaban J connectivity index is 0.000000220.